The van der Waals surface area contributed by atoms with Crippen molar-refractivity contribution in [2.75, 3.05) is 5.32 Å². The molecular weight excluding hydrogens is 357 g/mol. The average molecular weight is 375 g/mol. The van der Waals surface area contributed by atoms with Gasteiger partial charge in [-0.05, 0) is 37.3 Å². The molecule has 2 heterocycles. The summed E-state index contributed by atoms with van der Waals surface area (Å²) in [6.07, 6.45) is -2.54. The van der Waals surface area contributed by atoms with Crippen LogP contribution in [-0.4, -0.2) is 26.6 Å². The van der Waals surface area contributed by atoms with Crippen LogP contribution in [0, 0.1) is 5.92 Å². The number of carbonyl (C=O) groups excluding carboxylic acids is 1. The highest BCUT2D eigenvalue weighted by Crippen LogP contribution is 2.37. The number of nitrogens with zero attached hydrogens (tertiary/aromatic N) is 3. The van der Waals surface area contributed by atoms with Gasteiger partial charge in [-0.2, -0.15) is 13.2 Å². The topological polar surface area (TPSA) is 59.8 Å². The third-order valence-electron chi connectivity index (χ3n) is 4.31. The molecule has 2 aromatic heterocycles. The van der Waals surface area contributed by atoms with Gasteiger partial charge < -0.3 is 0 Å². The molecule has 1 atom stereocenters. The highest BCUT2D eigenvalue weighted by Gasteiger charge is 2.31. The van der Waals surface area contributed by atoms with Crippen molar-refractivity contribution in [3.05, 3.63) is 17.3 Å². The number of hydrogen-bond donors (Lipinski definition) is 1. The summed E-state index contributed by atoms with van der Waals surface area (Å²) in [6, 6.07) is 3.49. The predicted octanol–water partition coefficient (Wildman–Crippen LogP) is 4.73. The normalized spacial score (nSPS) is 16.7. The van der Waals surface area contributed by atoms with Crippen LogP contribution in [0.3, 0.4) is 0 Å². The number of pyridine rings is 1. The number of fused-ring (bicyclic) bond motifs is 1. The van der Waals surface area contributed by atoms with Crippen LogP contribution in [0.15, 0.2) is 12.1 Å². The van der Waals surface area contributed by atoms with Gasteiger partial charge in [-0.1, -0.05) is 18.5 Å². The molecule has 0 spiro atoms. The Labute approximate surface area is 147 Å². The molecule has 1 aliphatic rings. The maximum Gasteiger partial charge on any atom is 0.389 e. The second kappa shape index (κ2) is 6.82. The van der Waals surface area contributed by atoms with Crippen LogP contribution in [0.1, 0.15) is 45.1 Å². The molecule has 25 heavy (non-hydrogen) atoms. The zero-order valence-electron chi connectivity index (χ0n) is 13.6. The standard InChI is InChI=1S/C16H18ClF3N4O/c1-9(8-16(18,19)20)7-13(25)23-15-21-11-5-6-12(17)22-14(11)24(15)10-3-2-4-10/h5-6,9-10H,2-4,7-8H2,1H3,(H,21,23,25). The molecule has 0 aromatic carbocycles. The number of amides is 1. The first kappa shape index (κ1) is 18.0. The molecule has 0 saturated heterocycles. The molecule has 1 aliphatic carbocycles. The summed E-state index contributed by atoms with van der Waals surface area (Å²) in [6.45, 7) is 1.41. The van der Waals surface area contributed by atoms with Crippen molar-refractivity contribution in [2.45, 2.75) is 51.2 Å². The Morgan fingerprint density at radius 2 is 2.12 bits per heavy atom. The van der Waals surface area contributed by atoms with Crippen LogP contribution >= 0.6 is 11.6 Å². The molecule has 1 N–H and O–H groups in total. The molecule has 9 heteroatoms. The maximum absolute atomic E-state index is 12.4. The SMILES string of the molecule is CC(CC(=O)Nc1nc2ccc(Cl)nc2n1C1CCC1)CC(F)(F)F. The zero-order valence-corrected chi connectivity index (χ0v) is 14.4. The van der Waals surface area contributed by atoms with E-state index in [1.807, 2.05) is 4.57 Å². The first-order valence-electron chi connectivity index (χ1n) is 8.14. The Hall–Kier alpha value is -1.83. The lowest BCUT2D eigenvalue weighted by Gasteiger charge is -2.28. The van der Waals surface area contributed by atoms with E-state index in [2.05, 4.69) is 15.3 Å². The number of nitrogens with one attached hydrogen (secondary N) is 1. The van der Waals surface area contributed by atoms with E-state index < -0.39 is 24.4 Å². The average Bonchev–Trinajstić information content (AvgIpc) is 2.72. The summed E-state index contributed by atoms with van der Waals surface area (Å²) in [4.78, 5) is 20.8. The van der Waals surface area contributed by atoms with Crippen molar-refractivity contribution in [1.82, 2.24) is 14.5 Å². The Kier molecular flexibility index (Phi) is 4.90. The van der Waals surface area contributed by atoms with Gasteiger partial charge in [0, 0.05) is 18.9 Å². The molecule has 2 aromatic rings. The second-order valence-corrected chi connectivity index (χ2v) is 6.93. The summed E-state index contributed by atoms with van der Waals surface area (Å²) in [5.74, 6) is -0.966. The van der Waals surface area contributed by atoms with Crippen molar-refractivity contribution in [3.63, 3.8) is 0 Å². The summed E-state index contributed by atoms with van der Waals surface area (Å²) in [7, 11) is 0. The van der Waals surface area contributed by atoms with Gasteiger partial charge in [0.25, 0.3) is 0 Å². The van der Waals surface area contributed by atoms with E-state index in [-0.39, 0.29) is 12.5 Å². The van der Waals surface area contributed by atoms with E-state index in [0.29, 0.717) is 22.3 Å². The lowest BCUT2D eigenvalue weighted by Crippen LogP contribution is -2.24. The van der Waals surface area contributed by atoms with Gasteiger partial charge in [-0.3, -0.25) is 14.7 Å². The van der Waals surface area contributed by atoms with Gasteiger partial charge in [-0.15, -0.1) is 0 Å². The largest absolute Gasteiger partial charge is 0.389 e. The Morgan fingerprint density at radius 1 is 1.40 bits per heavy atom. The molecule has 1 fully saturated rings. The van der Waals surface area contributed by atoms with Crippen LogP contribution in [0.5, 0.6) is 0 Å². The van der Waals surface area contributed by atoms with E-state index >= 15 is 0 Å². The van der Waals surface area contributed by atoms with Gasteiger partial charge in [0.05, 0.1) is 0 Å². The van der Waals surface area contributed by atoms with E-state index in [1.54, 1.807) is 12.1 Å². The number of rotatable bonds is 5. The van der Waals surface area contributed by atoms with E-state index in [0.717, 1.165) is 19.3 Å². The first-order chi connectivity index (χ1) is 11.7. The minimum absolute atomic E-state index is 0.166. The van der Waals surface area contributed by atoms with Crippen LogP contribution in [0.2, 0.25) is 5.15 Å². The summed E-state index contributed by atoms with van der Waals surface area (Å²) < 4.78 is 39.1. The number of carbonyl (C=O) groups is 1. The van der Waals surface area contributed by atoms with Crippen LogP contribution < -0.4 is 5.32 Å². The van der Waals surface area contributed by atoms with E-state index in [1.165, 1.54) is 6.92 Å². The van der Waals surface area contributed by atoms with Crippen molar-refractivity contribution < 1.29 is 18.0 Å². The second-order valence-electron chi connectivity index (χ2n) is 6.54. The van der Waals surface area contributed by atoms with Crippen molar-refractivity contribution in [1.29, 1.82) is 0 Å². The van der Waals surface area contributed by atoms with Gasteiger partial charge in [0.1, 0.15) is 10.7 Å². The fourth-order valence-electron chi connectivity index (χ4n) is 2.99. The molecule has 1 unspecified atom stereocenters. The van der Waals surface area contributed by atoms with Crippen LogP contribution in [0.25, 0.3) is 11.2 Å². The molecule has 1 amide bonds. The Bertz CT molecular complexity index is 786. The van der Waals surface area contributed by atoms with E-state index in [4.69, 9.17) is 11.6 Å². The summed E-state index contributed by atoms with van der Waals surface area (Å²) in [5, 5.41) is 2.97. The summed E-state index contributed by atoms with van der Waals surface area (Å²) in [5.41, 5.74) is 1.17. The molecule has 0 aliphatic heterocycles. The number of hydrogen-bond acceptors (Lipinski definition) is 3. The fourth-order valence-corrected chi connectivity index (χ4v) is 3.13. The van der Waals surface area contributed by atoms with Crippen molar-refractivity contribution in [3.8, 4) is 0 Å². The van der Waals surface area contributed by atoms with Gasteiger partial charge >= 0.3 is 6.18 Å². The van der Waals surface area contributed by atoms with Gasteiger partial charge in [-0.25, -0.2) is 9.97 Å². The highest BCUT2D eigenvalue weighted by atomic mass is 35.5. The third kappa shape index (κ3) is 4.23. The Balaban J connectivity index is 1.79. The van der Waals surface area contributed by atoms with Crippen LogP contribution in [0.4, 0.5) is 19.1 Å². The predicted molar refractivity (Wildman–Crippen MR) is 88.5 cm³/mol. The molecule has 136 valence electrons. The first-order valence-corrected chi connectivity index (χ1v) is 8.52. The number of halogens is 4. The molecule has 3 rings (SSSR count). The molecule has 0 radical (unpaired) electrons. The van der Waals surface area contributed by atoms with Crippen LogP contribution in [-0.2, 0) is 4.79 Å². The van der Waals surface area contributed by atoms with Crippen molar-refractivity contribution in [2.24, 2.45) is 5.92 Å². The van der Waals surface area contributed by atoms with Gasteiger partial charge in [0.15, 0.2) is 5.65 Å². The molecule has 0 bridgehead atoms. The number of imidazole rings is 1. The number of alkyl halides is 3. The highest BCUT2D eigenvalue weighted by molar-refractivity contribution is 6.29. The zero-order chi connectivity index (χ0) is 18.2. The lowest BCUT2D eigenvalue weighted by atomic mass is 9.93. The smallest absolute Gasteiger partial charge is 0.296 e. The quantitative estimate of drug-likeness (QED) is 0.770. The number of aromatic nitrogens is 3. The maximum atomic E-state index is 12.4. The lowest BCUT2D eigenvalue weighted by molar-refractivity contribution is -0.144. The van der Waals surface area contributed by atoms with E-state index in [9.17, 15) is 18.0 Å². The molecule has 5 nitrogen and oxygen atoms in total. The third-order valence-corrected chi connectivity index (χ3v) is 4.52. The number of anilines is 1. The molecular formula is C16H18ClF3N4O. The van der Waals surface area contributed by atoms with Gasteiger partial charge in [0.2, 0.25) is 11.9 Å². The Morgan fingerprint density at radius 3 is 2.72 bits per heavy atom. The summed E-state index contributed by atoms with van der Waals surface area (Å²) >= 11 is 5.96. The fraction of sp³-hybridized carbons (Fsp3) is 0.562. The minimum atomic E-state index is -4.28. The minimum Gasteiger partial charge on any atom is -0.296 e. The van der Waals surface area contributed by atoms with Crippen molar-refractivity contribution >= 4 is 34.6 Å². The molecule has 1 saturated carbocycles. The monoisotopic (exact) mass is 374 g/mol.